The molecule has 2 aromatic rings. The van der Waals surface area contributed by atoms with Gasteiger partial charge in [-0.1, -0.05) is 6.92 Å². The quantitative estimate of drug-likeness (QED) is 0.800. The minimum absolute atomic E-state index is 0.519. The van der Waals surface area contributed by atoms with Crippen molar-refractivity contribution in [2.75, 3.05) is 6.54 Å². The number of hydrogen-bond acceptors (Lipinski definition) is 3. The molecule has 1 unspecified atom stereocenters. The minimum Gasteiger partial charge on any atom is -0.314 e. The Labute approximate surface area is 121 Å². The van der Waals surface area contributed by atoms with Crippen molar-refractivity contribution in [3.63, 3.8) is 0 Å². The summed E-state index contributed by atoms with van der Waals surface area (Å²) in [6.45, 7) is 3.28. The van der Waals surface area contributed by atoms with Crippen molar-refractivity contribution in [1.82, 2.24) is 15.3 Å². The zero-order valence-electron chi connectivity index (χ0n) is 12.1. The number of aromatic nitrogens is 2. The van der Waals surface area contributed by atoms with E-state index in [4.69, 9.17) is 0 Å². The van der Waals surface area contributed by atoms with Gasteiger partial charge in [-0.3, -0.25) is 9.97 Å². The minimum atomic E-state index is 0.519. The third kappa shape index (κ3) is 5.10. The lowest BCUT2D eigenvalue weighted by atomic mass is 10.00. The van der Waals surface area contributed by atoms with Crippen molar-refractivity contribution >= 4 is 0 Å². The molecule has 2 rings (SSSR count). The third-order valence-electron chi connectivity index (χ3n) is 3.45. The molecule has 1 atom stereocenters. The van der Waals surface area contributed by atoms with E-state index in [1.165, 1.54) is 17.5 Å². The van der Waals surface area contributed by atoms with Crippen LogP contribution < -0.4 is 5.32 Å². The first kappa shape index (κ1) is 14.7. The summed E-state index contributed by atoms with van der Waals surface area (Å²) in [7, 11) is 0. The van der Waals surface area contributed by atoms with Gasteiger partial charge < -0.3 is 5.32 Å². The number of rotatable bonds is 8. The molecule has 0 aromatic carbocycles. The van der Waals surface area contributed by atoms with Gasteiger partial charge in [-0.25, -0.2) is 0 Å². The van der Waals surface area contributed by atoms with Gasteiger partial charge in [0.2, 0.25) is 0 Å². The normalized spacial score (nSPS) is 12.2. The van der Waals surface area contributed by atoms with E-state index in [1.807, 2.05) is 24.8 Å². The fourth-order valence-electron chi connectivity index (χ4n) is 2.32. The first-order valence-electron chi connectivity index (χ1n) is 7.39. The van der Waals surface area contributed by atoms with Gasteiger partial charge in [0.15, 0.2) is 0 Å². The second-order valence-corrected chi connectivity index (χ2v) is 5.10. The Bertz CT molecular complexity index is 470. The second kappa shape index (κ2) is 8.43. The Kier molecular flexibility index (Phi) is 6.18. The van der Waals surface area contributed by atoms with E-state index in [2.05, 4.69) is 46.5 Å². The van der Waals surface area contributed by atoms with Crippen LogP contribution in [-0.4, -0.2) is 22.6 Å². The molecule has 0 bridgehead atoms. The Morgan fingerprint density at radius 3 is 2.15 bits per heavy atom. The molecule has 3 nitrogen and oxygen atoms in total. The van der Waals surface area contributed by atoms with Crippen LogP contribution in [0, 0.1) is 0 Å². The lowest BCUT2D eigenvalue weighted by molar-refractivity contribution is 0.477. The zero-order valence-corrected chi connectivity index (χ0v) is 12.1. The van der Waals surface area contributed by atoms with E-state index < -0.39 is 0 Å². The SMILES string of the molecule is CCCNC(CCc1ccncc1)Cc1ccncc1. The van der Waals surface area contributed by atoms with Crippen molar-refractivity contribution in [1.29, 1.82) is 0 Å². The number of aryl methyl sites for hydroxylation is 1. The van der Waals surface area contributed by atoms with Crippen LogP contribution in [0.4, 0.5) is 0 Å². The van der Waals surface area contributed by atoms with Gasteiger partial charge in [0.25, 0.3) is 0 Å². The maximum absolute atomic E-state index is 4.08. The summed E-state index contributed by atoms with van der Waals surface area (Å²) in [6, 6.07) is 8.93. The summed E-state index contributed by atoms with van der Waals surface area (Å²) in [4.78, 5) is 8.15. The topological polar surface area (TPSA) is 37.8 Å². The van der Waals surface area contributed by atoms with E-state index in [9.17, 15) is 0 Å². The van der Waals surface area contributed by atoms with Crippen LogP contribution in [0.2, 0.25) is 0 Å². The summed E-state index contributed by atoms with van der Waals surface area (Å²) in [5, 5.41) is 3.65. The van der Waals surface area contributed by atoms with Crippen LogP contribution in [0.3, 0.4) is 0 Å². The smallest absolute Gasteiger partial charge is 0.0270 e. The summed E-state index contributed by atoms with van der Waals surface area (Å²) < 4.78 is 0. The molecule has 2 heterocycles. The molecule has 0 amide bonds. The van der Waals surface area contributed by atoms with Gasteiger partial charge in [-0.2, -0.15) is 0 Å². The highest BCUT2D eigenvalue weighted by Gasteiger charge is 2.09. The molecular formula is C17H23N3. The molecule has 2 aromatic heterocycles. The Hall–Kier alpha value is -1.74. The monoisotopic (exact) mass is 269 g/mol. The van der Waals surface area contributed by atoms with E-state index in [0.717, 1.165) is 25.8 Å². The number of hydrogen-bond donors (Lipinski definition) is 1. The molecule has 0 aliphatic rings. The molecular weight excluding hydrogens is 246 g/mol. The molecule has 0 saturated carbocycles. The van der Waals surface area contributed by atoms with Crippen LogP contribution in [-0.2, 0) is 12.8 Å². The van der Waals surface area contributed by atoms with Gasteiger partial charge in [0.05, 0.1) is 0 Å². The van der Waals surface area contributed by atoms with Crippen LogP contribution in [0.15, 0.2) is 49.1 Å². The highest BCUT2D eigenvalue weighted by atomic mass is 14.9. The van der Waals surface area contributed by atoms with E-state index in [1.54, 1.807) is 0 Å². The van der Waals surface area contributed by atoms with Crippen molar-refractivity contribution < 1.29 is 0 Å². The second-order valence-electron chi connectivity index (χ2n) is 5.10. The summed E-state index contributed by atoms with van der Waals surface area (Å²) in [5.41, 5.74) is 2.71. The standard InChI is InChI=1S/C17H23N3/c1-2-9-20-17(14-16-7-12-19-13-8-16)4-3-15-5-10-18-11-6-15/h5-8,10-13,17,20H,2-4,9,14H2,1H3. The molecule has 0 radical (unpaired) electrons. The van der Waals surface area contributed by atoms with Gasteiger partial charge in [0, 0.05) is 30.8 Å². The Morgan fingerprint density at radius 2 is 1.55 bits per heavy atom. The first-order valence-corrected chi connectivity index (χ1v) is 7.39. The maximum Gasteiger partial charge on any atom is 0.0270 e. The fraction of sp³-hybridized carbons (Fsp3) is 0.412. The average molecular weight is 269 g/mol. The highest BCUT2D eigenvalue weighted by Crippen LogP contribution is 2.09. The summed E-state index contributed by atoms with van der Waals surface area (Å²) in [6.07, 6.45) is 11.9. The molecule has 20 heavy (non-hydrogen) atoms. The number of pyridine rings is 2. The van der Waals surface area contributed by atoms with Crippen molar-refractivity contribution in [2.24, 2.45) is 0 Å². The van der Waals surface area contributed by atoms with Crippen molar-refractivity contribution in [3.05, 3.63) is 60.2 Å². The zero-order chi connectivity index (χ0) is 14.0. The van der Waals surface area contributed by atoms with Gasteiger partial charge in [-0.15, -0.1) is 0 Å². The lowest BCUT2D eigenvalue weighted by Crippen LogP contribution is -2.32. The summed E-state index contributed by atoms with van der Waals surface area (Å²) in [5.74, 6) is 0. The average Bonchev–Trinajstić information content (AvgIpc) is 2.52. The van der Waals surface area contributed by atoms with E-state index in [-0.39, 0.29) is 0 Å². The lowest BCUT2D eigenvalue weighted by Gasteiger charge is -2.18. The highest BCUT2D eigenvalue weighted by molar-refractivity contribution is 5.13. The molecule has 3 heteroatoms. The fourth-order valence-corrected chi connectivity index (χ4v) is 2.32. The predicted octanol–water partition coefficient (Wildman–Crippen LogP) is 3.02. The Balaban J connectivity index is 1.89. The van der Waals surface area contributed by atoms with Crippen molar-refractivity contribution in [3.8, 4) is 0 Å². The van der Waals surface area contributed by atoms with Crippen LogP contribution in [0.5, 0.6) is 0 Å². The van der Waals surface area contributed by atoms with Crippen LogP contribution in [0.1, 0.15) is 30.9 Å². The number of nitrogens with one attached hydrogen (secondary N) is 1. The molecule has 0 saturated heterocycles. The molecule has 0 spiro atoms. The van der Waals surface area contributed by atoms with Crippen LogP contribution in [0.25, 0.3) is 0 Å². The van der Waals surface area contributed by atoms with E-state index in [0.29, 0.717) is 6.04 Å². The summed E-state index contributed by atoms with van der Waals surface area (Å²) >= 11 is 0. The molecule has 0 aliphatic heterocycles. The maximum atomic E-state index is 4.08. The van der Waals surface area contributed by atoms with Gasteiger partial charge >= 0.3 is 0 Å². The van der Waals surface area contributed by atoms with Gasteiger partial charge in [-0.05, 0) is 67.6 Å². The number of nitrogens with zero attached hydrogens (tertiary/aromatic N) is 2. The third-order valence-corrected chi connectivity index (χ3v) is 3.45. The molecule has 106 valence electrons. The van der Waals surface area contributed by atoms with E-state index >= 15 is 0 Å². The largest absolute Gasteiger partial charge is 0.314 e. The first-order chi connectivity index (χ1) is 9.88. The predicted molar refractivity (Wildman–Crippen MR) is 82.6 cm³/mol. The van der Waals surface area contributed by atoms with Crippen molar-refractivity contribution in [2.45, 2.75) is 38.6 Å². The van der Waals surface area contributed by atoms with Gasteiger partial charge in [0.1, 0.15) is 0 Å². The Morgan fingerprint density at radius 1 is 0.950 bits per heavy atom. The molecule has 0 fully saturated rings. The van der Waals surface area contributed by atoms with Crippen LogP contribution >= 0.6 is 0 Å². The molecule has 1 N–H and O–H groups in total. The molecule has 0 aliphatic carbocycles.